The van der Waals surface area contributed by atoms with Crippen molar-refractivity contribution in [2.24, 2.45) is 5.92 Å². The van der Waals surface area contributed by atoms with Crippen LogP contribution in [0.2, 0.25) is 0 Å². The van der Waals surface area contributed by atoms with Crippen molar-refractivity contribution < 1.29 is 23.8 Å². The molecule has 31 heavy (non-hydrogen) atoms. The Balaban J connectivity index is 2.14. The van der Waals surface area contributed by atoms with E-state index in [0.717, 1.165) is 42.1 Å². The standard InChI is InChI=1S/C24H34N2O5/c1-6-9-12-26-15(4)17(23(27)30-7-2)14-19-21(24(28)31-8-3)25-20-11-10-16(29-5)13-18(20)22(19)26/h10-11,13,19,21-22,25H,6-9,12,14H2,1-5H3/t19-,21+,22+/m1/s1. The zero-order valence-corrected chi connectivity index (χ0v) is 19.2. The van der Waals surface area contributed by atoms with Crippen molar-refractivity contribution in [1.29, 1.82) is 0 Å². The minimum Gasteiger partial charge on any atom is -0.497 e. The quantitative estimate of drug-likeness (QED) is 0.624. The van der Waals surface area contributed by atoms with E-state index in [4.69, 9.17) is 14.2 Å². The number of benzene rings is 1. The molecule has 1 aromatic carbocycles. The molecule has 0 aliphatic carbocycles. The highest BCUT2D eigenvalue weighted by molar-refractivity contribution is 5.90. The number of carbonyl (C=O) groups excluding carboxylic acids is 2. The number of nitrogens with one attached hydrogen (secondary N) is 1. The summed E-state index contributed by atoms with van der Waals surface area (Å²) in [5.41, 5.74) is 3.53. The number of hydrogen-bond acceptors (Lipinski definition) is 7. The summed E-state index contributed by atoms with van der Waals surface area (Å²) in [5, 5.41) is 3.38. The van der Waals surface area contributed by atoms with Gasteiger partial charge in [-0.05, 0) is 51.8 Å². The molecule has 170 valence electrons. The molecule has 3 atom stereocenters. The van der Waals surface area contributed by atoms with Crippen molar-refractivity contribution in [3.63, 3.8) is 0 Å². The average molecular weight is 431 g/mol. The SMILES string of the molecule is CCCCN1C(C)=C(C(=O)OCC)C[C@@H]2[C@@H](C(=O)OCC)Nc3ccc(OC)cc3[C@@H]21. The molecule has 0 bridgehead atoms. The predicted molar refractivity (Wildman–Crippen MR) is 119 cm³/mol. The van der Waals surface area contributed by atoms with Crippen LogP contribution in [0.4, 0.5) is 5.69 Å². The Hall–Kier alpha value is -2.70. The van der Waals surface area contributed by atoms with Crippen LogP contribution < -0.4 is 10.1 Å². The Labute approximate surface area is 184 Å². The summed E-state index contributed by atoms with van der Waals surface area (Å²) in [5.74, 6) is -0.00284. The van der Waals surface area contributed by atoms with Crippen molar-refractivity contribution >= 4 is 17.6 Å². The van der Waals surface area contributed by atoms with Crippen molar-refractivity contribution in [1.82, 2.24) is 4.90 Å². The van der Waals surface area contributed by atoms with E-state index >= 15 is 0 Å². The van der Waals surface area contributed by atoms with E-state index in [1.54, 1.807) is 21.0 Å². The second-order valence-electron chi connectivity index (χ2n) is 7.97. The van der Waals surface area contributed by atoms with Gasteiger partial charge in [0.05, 0.1) is 31.9 Å². The van der Waals surface area contributed by atoms with Gasteiger partial charge in [-0.25, -0.2) is 9.59 Å². The second kappa shape index (κ2) is 10.1. The number of hydrogen-bond donors (Lipinski definition) is 1. The van der Waals surface area contributed by atoms with Crippen LogP contribution in [0, 0.1) is 5.92 Å². The summed E-state index contributed by atoms with van der Waals surface area (Å²) in [6, 6.07) is 5.26. The molecule has 1 N–H and O–H groups in total. The molecule has 0 saturated heterocycles. The molecule has 3 rings (SSSR count). The number of ether oxygens (including phenoxy) is 3. The van der Waals surface area contributed by atoms with Gasteiger partial charge in [-0.3, -0.25) is 0 Å². The van der Waals surface area contributed by atoms with Crippen molar-refractivity contribution in [2.75, 3.05) is 32.2 Å². The molecule has 0 unspecified atom stereocenters. The number of esters is 2. The van der Waals surface area contributed by atoms with E-state index in [-0.39, 0.29) is 23.9 Å². The molecule has 0 radical (unpaired) electrons. The van der Waals surface area contributed by atoms with Crippen LogP contribution in [0.1, 0.15) is 58.6 Å². The van der Waals surface area contributed by atoms with Crippen LogP contribution in [0.15, 0.2) is 29.5 Å². The lowest BCUT2D eigenvalue weighted by Crippen LogP contribution is -2.52. The molecular formula is C24H34N2O5. The molecule has 2 heterocycles. The predicted octanol–water partition coefficient (Wildman–Crippen LogP) is 4.05. The van der Waals surface area contributed by atoms with Gasteiger partial charge in [-0.15, -0.1) is 0 Å². The maximum atomic E-state index is 12.9. The Bertz CT molecular complexity index is 850. The number of unbranched alkanes of at least 4 members (excludes halogenated alkanes) is 1. The van der Waals surface area contributed by atoms with Gasteiger partial charge in [0.15, 0.2) is 0 Å². The maximum Gasteiger partial charge on any atom is 0.335 e. The number of methoxy groups -OCH3 is 1. The number of anilines is 1. The smallest absolute Gasteiger partial charge is 0.335 e. The van der Waals surface area contributed by atoms with Crippen LogP contribution in [0.3, 0.4) is 0 Å². The highest BCUT2D eigenvalue weighted by atomic mass is 16.5. The molecule has 7 nitrogen and oxygen atoms in total. The summed E-state index contributed by atoms with van der Waals surface area (Å²) >= 11 is 0. The fourth-order valence-electron chi connectivity index (χ4n) is 4.68. The Morgan fingerprint density at radius 1 is 1.16 bits per heavy atom. The first kappa shape index (κ1) is 23.0. The molecule has 0 saturated carbocycles. The molecule has 0 amide bonds. The molecule has 0 aromatic heterocycles. The van der Waals surface area contributed by atoms with E-state index in [1.807, 2.05) is 25.1 Å². The van der Waals surface area contributed by atoms with E-state index in [9.17, 15) is 9.59 Å². The van der Waals surface area contributed by atoms with Gasteiger partial charge in [0.2, 0.25) is 0 Å². The zero-order chi connectivity index (χ0) is 22.5. The summed E-state index contributed by atoms with van der Waals surface area (Å²) in [7, 11) is 1.65. The van der Waals surface area contributed by atoms with Crippen molar-refractivity contribution in [2.45, 2.75) is 59.0 Å². The van der Waals surface area contributed by atoms with Gasteiger partial charge in [-0.2, -0.15) is 0 Å². The highest BCUT2D eigenvalue weighted by Crippen LogP contribution is 2.49. The van der Waals surface area contributed by atoms with Crippen LogP contribution in [-0.4, -0.2) is 49.7 Å². The van der Waals surface area contributed by atoms with Gasteiger partial charge < -0.3 is 24.4 Å². The first-order valence-electron chi connectivity index (χ1n) is 11.2. The first-order chi connectivity index (χ1) is 15.0. The zero-order valence-electron chi connectivity index (χ0n) is 19.2. The summed E-state index contributed by atoms with van der Waals surface area (Å²) in [4.78, 5) is 28.0. The van der Waals surface area contributed by atoms with E-state index < -0.39 is 6.04 Å². The molecule has 2 aliphatic heterocycles. The summed E-state index contributed by atoms with van der Waals surface area (Å²) in [6.45, 7) is 9.16. The van der Waals surface area contributed by atoms with E-state index in [2.05, 4.69) is 17.1 Å². The Morgan fingerprint density at radius 2 is 1.90 bits per heavy atom. The Kier molecular flexibility index (Phi) is 7.46. The molecular weight excluding hydrogens is 396 g/mol. The largest absolute Gasteiger partial charge is 0.497 e. The fourth-order valence-corrected chi connectivity index (χ4v) is 4.68. The Morgan fingerprint density at radius 3 is 2.55 bits per heavy atom. The highest BCUT2D eigenvalue weighted by Gasteiger charge is 2.48. The average Bonchev–Trinajstić information content (AvgIpc) is 2.77. The minimum absolute atomic E-state index is 0.0644. The summed E-state index contributed by atoms with van der Waals surface area (Å²) in [6.07, 6.45) is 2.46. The monoisotopic (exact) mass is 430 g/mol. The molecule has 0 fully saturated rings. The van der Waals surface area contributed by atoms with Gasteiger partial charge >= 0.3 is 11.9 Å². The van der Waals surface area contributed by atoms with Crippen LogP contribution >= 0.6 is 0 Å². The lowest BCUT2D eigenvalue weighted by molar-refractivity contribution is -0.147. The molecule has 0 spiro atoms. The second-order valence-corrected chi connectivity index (χ2v) is 7.97. The number of fused-ring (bicyclic) bond motifs is 3. The first-order valence-corrected chi connectivity index (χ1v) is 11.2. The normalized spacial score (nSPS) is 22.2. The third-order valence-electron chi connectivity index (χ3n) is 6.18. The van der Waals surface area contributed by atoms with Gasteiger partial charge in [0, 0.05) is 29.4 Å². The number of carbonyl (C=O) groups is 2. The van der Waals surface area contributed by atoms with Crippen molar-refractivity contribution in [3.8, 4) is 5.75 Å². The van der Waals surface area contributed by atoms with Crippen LogP contribution in [-0.2, 0) is 19.1 Å². The topological polar surface area (TPSA) is 77.1 Å². The van der Waals surface area contributed by atoms with Crippen molar-refractivity contribution in [3.05, 3.63) is 35.0 Å². The lowest BCUT2D eigenvalue weighted by Gasteiger charge is -2.49. The van der Waals surface area contributed by atoms with Gasteiger partial charge in [0.25, 0.3) is 0 Å². The number of rotatable bonds is 8. The lowest BCUT2D eigenvalue weighted by atomic mass is 9.74. The molecule has 2 aliphatic rings. The third kappa shape index (κ3) is 4.50. The van der Waals surface area contributed by atoms with Gasteiger partial charge in [-0.1, -0.05) is 13.3 Å². The van der Waals surface area contributed by atoms with Crippen LogP contribution in [0.25, 0.3) is 0 Å². The number of allylic oxidation sites excluding steroid dienone is 1. The third-order valence-corrected chi connectivity index (χ3v) is 6.18. The number of nitrogens with zero attached hydrogens (tertiary/aromatic N) is 1. The summed E-state index contributed by atoms with van der Waals surface area (Å²) < 4.78 is 16.2. The minimum atomic E-state index is -0.549. The molecule has 7 heteroatoms. The van der Waals surface area contributed by atoms with Gasteiger partial charge in [0.1, 0.15) is 11.8 Å². The maximum absolute atomic E-state index is 12.9. The van der Waals surface area contributed by atoms with Crippen LogP contribution in [0.5, 0.6) is 5.75 Å². The fraction of sp³-hybridized carbons (Fsp3) is 0.583. The van der Waals surface area contributed by atoms with E-state index in [0.29, 0.717) is 25.2 Å². The molecule has 1 aromatic rings. The van der Waals surface area contributed by atoms with E-state index in [1.165, 1.54) is 0 Å².